The highest BCUT2D eigenvalue weighted by molar-refractivity contribution is 7.07. The zero-order valence-corrected chi connectivity index (χ0v) is 19.2. The molecule has 1 aliphatic carbocycles. The third kappa shape index (κ3) is 3.01. The van der Waals surface area contributed by atoms with Gasteiger partial charge in [0.05, 0.1) is 5.02 Å². The van der Waals surface area contributed by atoms with E-state index in [0.29, 0.717) is 28.6 Å². The molecular weight excluding hydrogens is 459 g/mol. The molecular formula is C26H20ClFN2O2S. The van der Waals surface area contributed by atoms with Gasteiger partial charge in [-0.15, -0.1) is 0 Å². The minimum Gasteiger partial charge on any atom is -0.508 e. The maximum Gasteiger partial charge on any atom is 0.246 e. The molecule has 1 saturated heterocycles. The van der Waals surface area contributed by atoms with Crippen LogP contribution in [0.4, 0.5) is 4.39 Å². The number of phenolic OH excluding ortho intramolecular Hbond substituents is 1. The van der Waals surface area contributed by atoms with Crippen LogP contribution in [0.1, 0.15) is 23.6 Å². The van der Waals surface area contributed by atoms with Crippen LogP contribution in [-0.4, -0.2) is 32.9 Å². The summed E-state index contributed by atoms with van der Waals surface area (Å²) in [4.78, 5) is 14.9. The Hall–Kier alpha value is -2.96. The Morgan fingerprint density at radius 3 is 2.88 bits per heavy atom. The Morgan fingerprint density at radius 2 is 2.06 bits per heavy atom. The normalized spacial score (nSPS) is 21.9. The van der Waals surface area contributed by atoms with Gasteiger partial charge in [0.15, 0.2) is 5.82 Å². The van der Waals surface area contributed by atoms with Gasteiger partial charge in [0.25, 0.3) is 0 Å². The van der Waals surface area contributed by atoms with E-state index < -0.39 is 5.82 Å². The summed E-state index contributed by atoms with van der Waals surface area (Å²) in [6, 6.07) is 12.7. The van der Waals surface area contributed by atoms with Crippen LogP contribution in [0.25, 0.3) is 32.8 Å². The molecule has 1 aliphatic heterocycles. The van der Waals surface area contributed by atoms with E-state index in [2.05, 4.69) is 11.0 Å². The number of aromatic hydroxyl groups is 1. The number of hydrogen-bond acceptors (Lipinski definition) is 4. The molecule has 1 aromatic heterocycles. The Labute approximate surface area is 199 Å². The summed E-state index contributed by atoms with van der Waals surface area (Å²) >= 11 is 8.01. The second kappa shape index (κ2) is 7.54. The molecule has 33 heavy (non-hydrogen) atoms. The lowest BCUT2D eigenvalue weighted by Crippen LogP contribution is -2.56. The smallest absolute Gasteiger partial charge is 0.246 e. The van der Waals surface area contributed by atoms with Crippen LogP contribution >= 0.6 is 23.1 Å². The van der Waals surface area contributed by atoms with Crippen molar-refractivity contribution in [1.82, 2.24) is 9.27 Å². The lowest BCUT2D eigenvalue weighted by Gasteiger charge is -2.45. The number of carbonyl (C=O) groups is 1. The van der Waals surface area contributed by atoms with Crippen molar-refractivity contribution in [3.8, 4) is 16.9 Å². The summed E-state index contributed by atoms with van der Waals surface area (Å²) in [5, 5.41) is 12.9. The highest BCUT2D eigenvalue weighted by Gasteiger charge is 2.50. The molecule has 166 valence electrons. The molecule has 1 amide bonds. The fourth-order valence-electron chi connectivity index (χ4n) is 5.65. The van der Waals surface area contributed by atoms with Gasteiger partial charge in [-0.3, -0.25) is 4.79 Å². The van der Waals surface area contributed by atoms with Crippen molar-refractivity contribution >= 4 is 50.7 Å². The number of phenols is 1. The number of aromatic nitrogens is 1. The molecule has 2 heterocycles. The highest BCUT2D eigenvalue weighted by atomic mass is 35.5. The summed E-state index contributed by atoms with van der Waals surface area (Å²) in [5.41, 5.74) is 1.11. The van der Waals surface area contributed by atoms with Gasteiger partial charge in [0.1, 0.15) is 11.3 Å². The van der Waals surface area contributed by atoms with E-state index in [0.717, 1.165) is 33.9 Å². The maximum absolute atomic E-state index is 15.9. The van der Waals surface area contributed by atoms with E-state index in [-0.39, 0.29) is 29.2 Å². The number of carbonyl (C=O) groups excluding carboxylic acids is 1. The monoisotopic (exact) mass is 478 g/mol. The zero-order chi connectivity index (χ0) is 22.9. The van der Waals surface area contributed by atoms with Crippen molar-refractivity contribution in [3.05, 3.63) is 70.8 Å². The van der Waals surface area contributed by atoms with Gasteiger partial charge in [-0.2, -0.15) is 4.37 Å². The number of fused-ring (bicyclic) bond motifs is 3. The molecule has 0 bridgehead atoms. The lowest BCUT2D eigenvalue weighted by molar-refractivity contribution is -0.136. The lowest BCUT2D eigenvalue weighted by atomic mass is 9.83. The predicted octanol–water partition coefficient (Wildman–Crippen LogP) is 6.51. The predicted molar refractivity (Wildman–Crippen MR) is 130 cm³/mol. The van der Waals surface area contributed by atoms with E-state index in [1.54, 1.807) is 12.1 Å². The second-order valence-electron chi connectivity index (χ2n) is 8.81. The summed E-state index contributed by atoms with van der Waals surface area (Å²) in [7, 11) is 0. The van der Waals surface area contributed by atoms with Crippen LogP contribution < -0.4 is 0 Å². The van der Waals surface area contributed by atoms with Gasteiger partial charge in [-0.1, -0.05) is 42.4 Å². The molecule has 4 nitrogen and oxygen atoms in total. The van der Waals surface area contributed by atoms with Crippen molar-refractivity contribution in [3.63, 3.8) is 0 Å². The largest absolute Gasteiger partial charge is 0.508 e. The summed E-state index contributed by atoms with van der Waals surface area (Å²) in [6.45, 7) is 4.29. The third-order valence-corrected chi connectivity index (χ3v) is 8.49. The molecule has 2 fully saturated rings. The molecule has 3 atom stereocenters. The molecule has 1 saturated carbocycles. The molecule has 3 aromatic carbocycles. The topological polar surface area (TPSA) is 53.4 Å². The number of amides is 1. The van der Waals surface area contributed by atoms with Crippen LogP contribution in [0.3, 0.4) is 0 Å². The number of rotatable bonds is 3. The summed E-state index contributed by atoms with van der Waals surface area (Å²) in [6.07, 6.45) is 3.23. The average Bonchev–Trinajstić information content (AvgIpc) is 3.34. The molecule has 7 heteroatoms. The van der Waals surface area contributed by atoms with Gasteiger partial charge in [-0.25, -0.2) is 4.39 Å². The van der Waals surface area contributed by atoms with E-state index in [1.165, 1.54) is 17.6 Å². The molecule has 4 aromatic rings. The van der Waals surface area contributed by atoms with Crippen molar-refractivity contribution in [2.24, 2.45) is 5.92 Å². The first-order chi connectivity index (χ1) is 16.0. The fraction of sp³-hybridized carbons (Fsp3) is 0.231. The number of likely N-dealkylation sites (tertiary alicyclic amines) is 1. The van der Waals surface area contributed by atoms with E-state index in [9.17, 15) is 9.90 Å². The Balaban J connectivity index is 1.45. The molecule has 1 unspecified atom stereocenters. The molecule has 2 aliphatic rings. The molecule has 6 rings (SSSR count). The van der Waals surface area contributed by atoms with Gasteiger partial charge in [-0.05, 0) is 65.0 Å². The summed E-state index contributed by atoms with van der Waals surface area (Å²) in [5.74, 6) is 0.153. The van der Waals surface area contributed by atoms with Crippen molar-refractivity contribution in [2.45, 2.75) is 24.8 Å². The first-order valence-corrected chi connectivity index (χ1v) is 12.1. The fourth-order valence-corrected chi connectivity index (χ4v) is 6.99. The minimum absolute atomic E-state index is 0.0249. The summed E-state index contributed by atoms with van der Waals surface area (Å²) < 4.78 is 20.4. The van der Waals surface area contributed by atoms with Crippen LogP contribution in [-0.2, 0) is 4.79 Å². The quantitative estimate of drug-likeness (QED) is 0.342. The van der Waals surface area contributed by atoms with Crippen molar-refractivity contribution in [1.29, 1.82) is 0 Å². The standard InChI is InChI=1S/C26H20ClFN2O2S/c1-2-22(32)30-12-19-16(7-8-21(19)30)26-18-11-20(27)23(24(28)25(18)29-33-26)17-10-14(31)9-13-5-3-4-6-15(13)17/h2-6,9-11,16,19,21,31H,1,7-8,12H2/t16?,19-,21+/m1/s1. The van der Waals surface area contributed by atoms with Crippen molar-refractivity contribution < 1.29 is 14.3 Å². The van der Waals surface area contributed by atoms with E-state index in [1.807, 2.05) is 35.2 Å². The van der Waals surface area contributed by atoms with Crippen LogP contribution in [0.5, 0.6) is 5.75 Å². The Kier molecular flexibility index (Phi) is 4.71. The van der Waals surface area contributed by atoms with Gasteiger partial charge >= 0.3 is 0 Å². The first-order valence-electron chi connectivity index (χ1n) is 10.9. The number of hydrogen-bond donors (Lipinski definition) is 1. The molecule has 0 radical (unpaired) electrons. The van der Waals surface area contributed by atoms with Crippen LogP contribution in [0, 0.1) is 11.7 Å². The van der Waals surface area contributed by atoms with E-state index in [4.69, 9.17) is 11.6 Å². The van der Waals surface area contributed by atoms with Gasteiger partial charge < -0.3 is 10.0 Å². The number of benzene rings is 3. The minimum atomic E-state index is -0.470. The number of halogens is 2. The van der Waals surface area contributed by atoms with Crippen LogP contribution in [0.2, 0.25) is 5.02 Å². The van der Waals surface area contributed by atoms with Crippen LogP contribution in [0.15, 0.2) is 55.1 Å². The molecule has 1 N–H and O–H groups in total. The average molecular weight is 479 g/mol. The second-order valence-corrected chi connectivity index (χ2v) is 10.0. The number of nitrogens with zero attached hydrogens (tertiary/aromatic N) is 2. The maximum atomic E-state index is 15.9. The van der Waals surface area contributed by atoms with E-state index >= 15 is 4.39 Å². The van der Waals surface area contributed by atoms with Crippen molar-refractivity contribution in [2.75, 3.05) is 6.54 Å². The Morgan fingerprint density at radius 1 is 1.24 bits per heavy atom. The van der Waals surface area contributed by atoms with Gasteiger partial charge in [0, 0.05) is 40.2 Å². The Bertz CT molecular complexity index is 1470. The molecule has 0 spiro atoms. The highest BCUT2D eigenvalue weighted by Crippen LogP contribution is 2.52. The zero-order valence-electron chi connectivity index (χ0n) is 17.6. The first kappa shape index (κ1) is 20.6. The third-order valence-electron chi connectivity index (χ3n) is 7.20. The SMILES string of the molecule is C=CC(=O)N1C[C@@H]2C(c3snc4c(F)c(-c5cc(O)cc6ccccc56)c(Cl)cc34)CC[C@@H]21. The van der Waals surface area contributed by atoms with Gasteiger partial charge in [0.2, 0.25) is 5.91 Å².